The van der Waals surface area contributed by atoms with Crippen molar-refractivity contribution < 1.29 is 9.13 Å². The Bertz CT molecular complexity index is 1200. The summed E-state index contributed by atoms with van der Waals surface area (Å²) in [5.74, 6) is 0.689. The predicted octanol–water partition coefficient (Wildman–Crippen LogP) is 5.24. The normalized spacial score (nSPS) is 12.3. The molecule has 3 N–H and O–H groups in total. The molecule has 0 bridgehead atoms. The van der Waals surface area contributed by atoms with Crippen LogP contribution in [-0.2, 0) is 19.4 Å². The van der Waals surface area contributed by atoms with Gasteiger partial charge in [-0.25, -0.2) is 9.37 Å². The van der Waals surface area contributed by atoms with Gasteiger partial charge in [0.2, 0.25) is 0 Å². The number of nitrogens with one attached hydrogen (secondary N) is 3. The topological polar surface area (TPSA) is 78.6 Å². The molecule has 0 spiro atoms. The minimum atomic E-state index is -0.361. The van der Waals surface area contributed by atoms with E-state index in [4.69, 9.17) is 9.72 Å². The highest BCUT2D eigenvalue weighted by molar-refractivity contribution is 5.94. The van der Waals surface area contributed by atoms with Crippen molar-refractivity contribution in [1.82, 2.24) is 25.5 Å². The van der Waals surface area contributed by atoms with Crippen LogP contribution in [-0.4, -0.2) is 33.8 Å². The van der Waals surface area contributed by atoms with Gasteiger partial charge in [-0.05, 0) is 47.4 Å². The standard InChI is InChI=1S/C22H22FN5O.3ClH/c1-3-12-9-20(29-2)16(23)10-15(12)13-4-5-14-18(8-13)27-28-21(14)22-25-17-6-7-24-11-19(17)26-22;;;/h4-5,8-10,24H,3,6-7,11H2,1-2H3,(H,25,26)(H,27,28);3*1H. The summed E-state index contributed by atoms with van der Waals surface area (Å²) < 4.78 is 19.5. The third-order valence-corrected chi connectivity index (χ3v) is 5.57. The van der Waals surface area contributed by atoms with E-state index in [-0.39, 0.29) is 48.8 Å². The Kier molecular flexibility index (Phi) is 8.54. The zero-order valence-corrected chi connectivity index (χ0v) is 20.1. The fraction of sp³-hybridized carbons (Fsp3) is 0.273. The molecule has 10 heteroatoms. The smallest absolute Gasteiger partial charge is 0.165 e. The number of hydrogen-bond acceptors (Lipinski definition) is 4. The van der Waals surface area contributed by atoms with Crippen molar-refractivity contribution in [3.05, 3.63) is 53.1 Å². The van der Waals surface area contributed by atoms with Gasteiger partial charge in [0, 0.05) is 30.6 Å². The summed E-state index contributed by atoms with van der Waals surface area (Å²) in [5.41, 5.74) is 6.76. The lowest BCUT2D eigenvalue weighted by atomic mass is 9.96. The minimum Gasteiger partial charge on any atom is -0.494 e. The average molecular weight is 501 g/mol. The van der Waals surface area contributed by atoms with Crippen molar-refractivity contribution in [2.75, 3.05) is 13.7 Å². The first-order chi connectivity index (χ1) is 14.2. The molecule has 0 amide bonds. The van der Waals surface area contributed by atoms with E-state index in [1.807, 2.05) is 18.2 Å². The SMILES string of the molecule is CCc1cc(OC)c(F)cc1-c1ccc2c(-c3nc4c([nH]3)CCNC4)n[nH]c2c1.Cl.Cl.Cl. The van der Waals surface area contributed by atoms with Crippen LogP contribution in [0.15, 0.2) is 30.3 Å². The Balaban J connectivity index is 0.00000121. The van der Waals surface area contributed by atoms with Gasteiger partial charge >= 0.3 is 0 Å². The van der Waals surface area contributed by atoms with E-state index in [1.165, 1.54) is 12.8 Å². The zero-order chi connectivity index (χ0) is 20.0. The van der Waals surface area contributed by atoms with Crippen molar-refractivity contribution in [3.63, 3.8) is 0 Å². The Hall–Kier alpha value is -2.32. The molecular formula is C22H25Cl3FN5O. The molecule has 2 aromatic heterocycles. The van der Waals surface area contributed by atoms with E-state index in [9.17, 15) is 4.39 Å². The monoisotopic (exact) mass is 499 g/mol. The van der Waals surface area contributed by atoms with E-state index < -0.39 is 0 Å². The molecule has 4 aromatic rings. The number of halogens is 4. The third kappa shape index (κ3) is 4.43. The number of hydrogen-bond donors (Lipinski definition) is 3. The van der Waals surface area contributed by atoms with Crippen molar-refractivity contribution in [3.8, 4) is 28.4 Å². The lowest BCUT2D eigenvalue weighted by molar-refractivity contribution is 0.386. The average Bonchev–Trinajstić information content (AvgIpc) is 3.36. The lowest BCUT2D eigenvalue weighted by Crippen LogP contribution is -2.23. The molecule has 172 valence electrons. The van der Waals surface area contributed by atoms with E-state index in [1.54, 1.807) is 12.1 Å². The Morgan fingerprint density at radius 3 is 2.66 bits per heavy atom. The number of rotatable bonds is 4. The number of nitrogens with zero attached hydrogens (tertiary/aromatic N) is 2. The van der Waals surface area contributed by atoms with E-state index in [0.29, 0.717) is 0 Å². The zero-order valence-electron chi connectivity index (χ0n) is 17.6. The van der Waals surface area contributed by atoms with E-state index >= 15 is 0 Å². The number of benzene rings is 2. The van der Waals surface area contributed by atoms with Crippen molar-refractivity contribution >= 4 is 48.1 Å². The highest BCUT2D eigenvalue weighted by Crippen LogP contribution is 2.34. The van der Waals surface area contributed by atoms with Crippen LogP contribution in [0.5, 0.6) is 5.75 Å². The first kappa shape index (κ1) is 25.9. The molecule has 32 heavy (non-hydrogen) atoms. The Morgan fingerprint density at radius 2 is 1.94 bits per heavy atom. The van der Waals surface area contributed by atoms with Crippen LogP contribution in [0.1, 0.15) is 23.9 Å². The molecule has 0 aliphatic carbocycles. The highest BCUT2D eigenvalue weighted by Gasteiger charge is 2.19. The molecule has 0 atom stereocenters. The van der Waals surface area contributed by atoms with Crippen molar-refractivity contribution in [1.29, 1.82) is 0 Å². The largest absolute Gasteiger partial charge is 0.494 e. The molecule has 3 heterocycles. The van der Waals surface area contributed by atoms with Gasteiger partial charge in [0.1, 0.15) is 5.69 Å². The van der Waals surface area contributed by atoms with Gasteiger partial charge in [-0.3, -0.25) is 5.10 Å². The molecular weight excluding hydrogens is 476 g/mol. The van der Waals surface area contributed by atoms with Crippen molar-refractivity contribution in [2.24, 2.45) is 0 Å². The molecule has 0 fully saturated rings. The van der Waals surface area contributed by atoms with Crippen LogP contribution >= 0.6 is 37.2 Å². The number of fused-ring (bicyclic) bond motifs is 2. The molecule has 0 unspecified atom stereocenters. The van der Waals surface area contributed by atoms with Crippen LogP contribution in [0.2, 0.25) is 0 Å². The number of H-pyrrole nitrogens is 2. The van der Waals surface area contributed by atoms with Crippen LogP contribution in [0.4, 0.5) is 4.39 Å². The predicted molar refractivity (Wildman–Crippen MR) is 132 cm³/mol. The summed E-state index contributed by atoms with van der Waals surface area (Å²) in [7, 11) is 1.48. The Morgan fingerprint density at radius 1 is 1.12 bits per heavy atom. The molecule has 0 saturated heterocycles. The van der Waals surface area contributed by atoms with Crippen LogP contribution in [0.3, 0.4) is 0 Å². The number of ether oxygens (including phenoxy) is 1. The van der Waals surface area contributed by atoms with E-state index in [0.717, 1.165) is 70.7 Å². The number of aryl methyl sites for hydroxylation is 1. The molecule has 0 saturated carbocycles. The second-order valence-electron chi connectivity index (χ2n) is 7.27. The van der Waals surface area contributed by atoms with Crippen LogP contribution in [0.25, 0.3) is 33.5 Å². The summed E-state index contributed by atoms with van der Waals surface area (Å²) in [4.78, 5) is 8.13. The third-order valence-electron chi connectivity index (χ3n) is 5.57. The summed E-state index contributed by atoms with van der Waals surface area (Å²) >= 11 is 0. The molecule has 1 aliphatic rings. The summed E-state index contributed by atoms with van der Waals surface area (Å²) in [5, 5.41) is 11.9. The number of methoxy groups -OCH3 is 1. The minimum absolute atomic E-state index is 0. The molecule has 1 aliphatic heterocycles. The van der Waals surface area contributed by atoms with Gasteiger partial charge in [0.05, 0.1) is 18.3 Å². The Labute approximate surface area is 204 Å². The number of imidazole rings is 1. The quantitative estimate of drug-likeness (QED) is 0.358. The van der Waals surface area contributed by atoms with Gasteiger partial charge in [0.15, 0.2) is 17.4 Å². The maximum Gasteiger partial charge on any atom is 0.165 e. The number of aromatic amines is 2. The molecule has 5 rings (SSSR count). The first-order valence-corrected chi connectivity index (χ1v) is 9.81. The molecule has 2 aromatic carbocycles. The second kappa shape index (κ2) is 10.5. The van der Waals surface area contributed by atoms with Gasteiger partial charge in [-0.15, -0.1) is 37.2 Å². The fourth-order valence-corrected chi connectivity index (χ4v) is 4.01. The van der Waals surface area contributed by atoms with Crippen LogP contribution < -0.4 is 10.1 Å². The van der Waals surface area contributed by atoms with Gasteiger partial charge in [-0.1, -0.05) is 13.0 Å². The highest BCUT2D eigenvalue weighted by atomic mass is 35.5. The van der Waals surface area contributed by atoms with Gasteiger partial charge < -0.3 is 15.0 Å². The maximum absolute atomic E-state index is 14.3. The molecule has 6 nitrogen and oxygen atoms in total. The summed E-state index contributed by atoms with van der Waals surface area (Å²) in [6.45, 7) is 3.79. The van der Waals surface area contributed by atoms with Crippen molar-refractivity contribution in [2.45, 2.75) is 26.3 Å². The summed E-state index contributed by atoms with van der Waals surface area (Å²) in [6, 6.07) is 9.35. The fourth-order valence-electron chi connectivity index (χ4n) is 4.01. The van der Waals surface area contributed by atoms with Crippen LogP contribution in [0, 0.1) is 5.82 Å². The van der Waals surface area contributed by atoms with Gasteiger partial charge in [-0.2, -0.15) is 5.10 Å². The first-order valence-electron chi connectivity index (χ1n) is 9.81. The lowest BCUT2D eigenvalue weighted by Gasteiger charge is -2.11. The van der Waals surface area contributed by atoms with Gasteiger partial charge in [0.25, 0.3) is 0 Å². The molecule has 0 radical (unpaired) electrons. The second-order valence-corrected chi connectivity index (χ2v) is 7.27. The summed E-state index contributed by atoms with van der Waals surface area (Å²) in [6.07, 6.45) is 1.72. The maximum atomic E-state index is 14.3. The number of aromatic nitrogens is 4. The van der Waals surface area contributed by atoms with E-state index in [2.05, 4.69) is 27.4 Å².